The van der Waals surface area contributed by atoms with Crippen molar-refractivity contribution in [2.75, 3.05) is 11.4 Å². The van der Waals surface area contributed by atoms with Crippen molar-refractivity contribution in [3.8, 4) is 0 Å². The van der Waals surface area contributed by atoms with Crippen LogP contribution < -0.4 is 4.90 Å². The molecule has 0 atom stereocenters. The average Bonchev–Trinajstić information content (AvgIpc) is 2.77. The van der Waals surface area contributed by atoms with E-state index in [1.54, 1.807) is 12.1 Å². The molecular weight excluding hydrogens is 266 g/mol. The van der Waals surface area contributed by atoms with Gasteiger partial charge >= 0.3 is 5.97 Å². The van der Waals surface area contributed by atoms with Crippen LogP contribution in [0.2, 0.25) is 0 Å². The van der Waals surface area contributed by atoms with Crippen molar-refractivity contribution < 1.29 is 14.7 Å². The number of benzene rings is 1. The van der Waals surface area contributed by atoms with Gasteiger partial charge < -0.3 is 10.0 Å². The highest BCUT2D eigenvalue weighted by atomic mass is 16.4. The summed E-state index contributed by atoms with van der Waals surface area (Å²) in [6.07, 6.45) is 0. The third kappa shape index (κ3) is 2.55. The number of amides is 1. The van der Waals surface area contributed by atoms with E-state index in [0.29, 0.717) is 5.69 Å². The fourth-order valence-electron chi connectivity index (χ4n) is 3.13. The largest absolute Gasteiger partial charge is 0.480 e. The summed E-state index contributed by atoms with van der Waals surface area (Å²) in [7, 11) is 0. The van der Waals surface area contributed by atoms with Crippen LogP contribution in [-0.2, 0) is 9.59 Å². The lowest BCUT2D eigenvalue weighted by Gasteiger charge is -2.22. The van der Waals surface area contributed by atoms with Crippen molar-refractivity contribution in [2.45, 2.75) is 34.6 Å². The van der Waals surface area contributed by atoms with Gasteiger partial charge in [0.1, 0.15) is 6.54 Å². The van der Waals surface area contributed by atoms with Crippen LogP contribution in [-0.4, -0.2) is 23.5 Å². The summed E-state index contributed by atoms with van der Waals surface area (Å²) >= 11 is 0. The molecule has 0 spiro atoms. The molecule has 4 heteroatoms. The fourth-order valence-corrected chi connectivity index (χ4v) is 3.13. The van der Waals surface area contributed by atoms with Gasteiger partial charge in [0.05, 0.1) is 0 Å². The summed E-state index contributed by atoms with van der Waals surface area (Å²) in [5, 5.41) is 9.12. The van der Waals surface area contributed by atoms with E-state index in [2.05, 4.69) is 27.7 Å². The predicted molar refractivity (Wildman–Crippen MR) is 82.2 cm³/mol. The molecule has 1 aliphatic carbocycles. The van der Waals surface area contributed by atoms with Crippen molar-refractivity contribution in [2.24, 2.45) is 16.7 Å². The van der Waals surface area contributed by atoms with E-state index in [9.17, 15) is 9.59 Å². The maximum atomic E-state index is 12.8. The first-order valence-corrected chi connectivity index (χ1v) is 7.19. The summed E-state index contributed by atoms with van der Waals surface area (Å²) in [6.45, 7) is 9.89. The highest BCUT2D eigenvalue weighted by molar-refractivity contribution is 6.01. The number of carbonyl (C=O) groups is 2. The first-order valence-electron chi connectivity index (χ1n) is 7.19. The van der Waals surface area contributed by atoms with E-state index in [-0.39, 0.29) is 29.2 Å². The number of hydrogen-bond donors (Lipinski definition) is 1. The van der Waals surface area contributed by atoms with Crippen LogP contribution >= 0.6 is 0 Å². The molecule has 0 heterocycles. The highest BCUT2D eigenvalue weighted by Gasteiger charge is 2.69. The summed E-state index contributed by atoms with van der Waals surface area (Å²) in [5.74, 6) is -1.25. The first-order chi connectivity index (χ1) is 9.59. The summed E-state index contributed by atoms with van der Waals surface area (Å²) in [6, 6.07) is 7.39. The Bertz CT molecular complexity index is 558. The van der Waals surface area contributed by atoms with Gasteiger partial charge in [-0.1, -0.05) is 45.4 Å². The third-order valence-corrected chi connectivity index (χ3v) is 5.17. The average molecular weight is 289 g/mol. The van der Waals surface area contributed by atoms with Gasteiger partial charge in [-0.2, -0.15) is 0 Å². The molecule has 2 rings (SSSR count). The van der Waals surface area contributed by atoms with Crippen LogP contribution in [0.5, 0.6) is 0 Å². The second kappa shape index (κ2) is 4.86. The van der Waals surface area contributed by atoms with Crippen LogP contribution in [0.1, 0.15) is 33.3 Å². The molecule has 1 fully saturated rings. The van der Waals surface area contributed by atoms with Gasteiger partial charge in [-0.3, -0.25) is 9.59 Å². The maximum absolute atomic E-state index is 12.8. The Kier molecular flexibility index (Phi) is 3.60. The number of anilines is 1. The smallest absolute Gasteiger partial charge is 0.323 e. The molecule has 1 saturated carbocycles. The molecule has 0 radical (unpaired) electrons. The van der Waals surface area contributed by atoms with Crippen LogP contribution in [0.4, 0.5) is 5.69 Å². The molecule has 0 saturated heterocycles. The van der Waals surface area contributed by atoms with Gasteiger partial charge in [-0.05, 0) is 29.9 Å². The minimum absolute atomic E-state index is 0.101. The lowest BCUT2D eigenvalue weighted by Crippen LogP contribution is -2.38. The zero-order chi connectivity index (χ0) is 16.0. The Labute approximate surface area is 125 Å². The number of aliphatic carboxylic acids is 1. The van der Waals surface area contributed by atoms with E-state index < -0.39 is 5.97 Å². The zero-order valence-electron chi connectivity index (χ0n) is 13.3. The summed E-state index contributed by atoms with van der Waals surface area (Å²) in [4.78, 5) is 25.3. The lowest BCUT2D eigenvalue weighted by molar-refractivity contribution is -0.137. The molecule has 1 N–H and O–H groups in total. The fraction of sp³-hybridized carbons (Fsp3) is 0.529. The van der Waals surface area contributed by atoms with Crippen molar-refractivity contribution in [3.63, 3.8) is 0 Å². The second-order valence-electron chi connectivity index (χ2n) is 7.03. The SMILES string of the molecule is Cc1ccc(N(CC(=O)O)C(=O)C2C(C)(C)C2(C)C)cc1. The third-order valence-electron chi connectivity index (χ3n) is 5.17. The summed E-state index contributed by atoms with van der Waals surface area (Å²) in [5.41, 5.74) is 1.51. The van der Waals surface area contributed by atoms with E-state index in [1.165, 1.54) is 4.90 Å². The van der Waals surface area contributed by atoms with Crippen LogP contribution in [0.15, 0.2) is 24.3 Å². The Hall–Kier alpha value is -1.84. The standard InChI is InChI=1S/C17H23NO3/c1-11-6-8-12(9-7-11)18(10-13(19)20)15(21)14-16(2,3)17(14,4)5/h6-9,14H,10H2,1-5H3,(H,19,20). The minimum Gasteiger partial charge on any atom is -0.480 e. The number of carboxylic acid groups (broad SMARTS) is 1. The van der Waals surface area contributed by atoms with Gasteiger partial charge in [-0.25, -0.2) is 0 Å². The molecule has 0 aliphatic heterocycles. The Morgan fingerprint density at radius 3 is 1.95 bits per heavy atom. The van der Waals surface area contributed by atoms with Gasteiger partial charge in [-0.15, -0.1) is 0 Å². The minimum atomic E-state index is -1.000. The van der Waals surface area contributed by atoms with Crippen molar-refractivity contribution >= 4 is 17.6 Å². The van der Waals surface area contributed by atoms with Crippen LogP contribution in [0.3, 0.4) is 0 Å². The van der Waals surface area contributed by atoms with E-state index in [4.69, 9.17) is 5.11 Å². The van der Waals surface area contributed by atoms with Crippen LogP contribution in [0, 0.1) is 23.7 Å². The van der Waals surface area contributed by atoms with Crippen molar-refractivity contribution in [1.29, 1.82) is 0 Å². The Morgan fingerprint density at radius 1 is 1.10 bits per heavy atom. The molecule has 0 aromatic heterocycles. The first kappa shape index (κ1) is 15.5. The molecule has 21 heavy (non-hydrogen) atoms. The molecule has 0 bridgehead atoms. The summed E-state index contributed by atoms with van der Waals surface area (Å²) < 4.78 is 0. The molecule has 0 unspecified atom stereocenters. The number of rotatable bonds is 4. The molecule has 1 aromatic rings. The maximum Gasteiger partial charge on any atom is 0.323 e. The van der Waals surface area contributed by atoms with E-state index in [0.717, 1.165) is 5.56 Å². The van der Waals surface area contributed by atoms with Crippen LogP contribution in [0.25, 0.3) is 0 Å². The molecular formula is C17H23NO3. The number of carbonyl (C=O) groups excluding carboxylic acids is 1. The number of carboxylic acids is 1. The number of hydrogen-bond acceptors (Lipinski definition) is 2. The van der Waals surface area contributed by atoms with Gasteiger partial charge in [0.15, 0.2) is 0 Å². The molecule has 1 aliphatic rings. The molecule has 1 amide bonds. The lowest BCUT2D eigenvalue weighted by atomic mass is 10.0. The second-order valence-corrected chi connectivity index (χ2v) is 7.03. The van der Waals surface area contributed by atoms with E-state index in [1.807, 2.05) is 19.1 Å². The normalized spacial score (nSPS) is 19.1. The van der Waals surface area contributed by atoms with Crippen molar-refractivity contribution in [3.05, 3.63) is 29.8 Å². The van der Waals surface area contributed by atoms with Gasteiger partial charge in [0.2, 0.25) is 5.91 Å². The molecule has 4 nitrogen and oxygen atoms in total. The van der Waals surface area contributed by atoms with E-state index >= 15 is 0 Å². The number of nitrogens with zero attached hydrogens (tertiary/aromatic N) is 1. The monoisotopic (exact) mass is 289 g/mol. The number of aryl methyl sites for hydroxylation is 1. The molecule has 1 aromatic carbocycles. The quantitative estimate of drug-likeness (QED) is 0.926. The van der Waals surface area contributed by atoms with Crippen molar-refractivity contribution in [1.82, 2.24) is 0 Å². The van der Waals surface area contributed by atoms with Gasteiger partial charge in [0.25, 0.3) is 0 Å². The highest BCUT2D eigenvalue weighted by Crippen LogP contribution is 2.68. The molecule has 114 valence electrons. The van der Waals surface area contributed by atoms with Gasteiger partial charge in [0, 0.05) is 11.6 Å². The Morgan fingerprint density at radius 2 is 1.57 bits per heavy atom. The zero-order valence-corrected chi connectivity index (χ0v) is 13.3. The Balaban J connectivity index is 2.31. The predicted octanol–water partition coefficient (Wildman–Crippen LogP) is 3.09. The topological polar surface area (TPSA) is 57.6 Å².